The fraction of sp³-hybridized carbons (Fsp3) is 0.333. The monoisotopic (exact) mass is 367 g/mol. The Morgan fingerprint density at radius 2 is 1.54 bits per heavy atom. The molecule has 1 saturated heterocycles. The van der Waals surface area contributed by atoms with E-state index in [0.717, 1.165) is 38.0 Å². The lowest BCUT2D eigenvalue weighted by Crippen LogP contribution is -2.49. The van der Waals surface area contributed by atoms with Crippen LogP contribution < -0.4 is 10.6 Å². The van der Waals surface area contributed by atoms with Gasteiger partial charge in [-0.2, -0.15) is 0 Å². The SMILES string of the molecule is O=C(Cc1ccccc1)NC(=S)NC1CCN(Cc2ccccc2)CC1. The zero-order valence-corrected chi connectivity index (χ0v) is 15.7. The molecule has 0 atom stereocenters. The number of amides is 1. The molecule has 5 heteroatoms. The molecule has 0 radical (unpaired) electrons. The lowest BCUT2D eigenvalue weighted by atomic mass is 10.0. The van der Waals surface area contributed by atoms with Gasteiger partial charge < -0.3 is 10.6 Å². The largest absolute Gasteiger partial charge is 0.360 e. The molecule has 1 aliphatic rings. The molecule has 0 aromatic heterocycles. The second-order valence-corrected chi connectivity index (χ2v) is 7.13. The molecular weight excluding hydrogens is 342 g/mol. The second kappa shape index (κ2) is 9.46. The molecule has 2 aromatic carbocycles. The average Bonchev–Trinajstić information content (AvgIpc) is 2.65. The quantitative estimate of drug-likeness (QED) is 0.798. The Bertz CT molecular complexity index is 713. The van der Waals surface area contributed by atoms with Crippen molar-refractivity contribution in [3.63, 3.8) is 0 Å². The van der Waals surface area contributed by atoms with Crippen molar-refractivity contribution in [2.75, 3.05) is 13.1 Å². The molecule has 26 heavy (non-hydrogen) atoms. The van der Waals surface area contributed by atoms with Gasteiger partial charge >= 0.3 is 0 Å². The van der Waals surface area contributed by atoms with Crippen LogP contribution in [-0.2, 0) is 17.8 Å². The molecule has 3 rings (SSSR count). The van der Waals surface area contributed by atoms with E-state index in [0.29, 0.717) is 17.6 Å². The number of carbonyl (C=O) groups is 1. The summed E-state index contributed by atoms with van der Waals surface area (Å²) >= 11 is 5.31. The van der Waals surface area contributed by atoms with Gasteiger partial charge in [0.2, 0.25) is 5.91 Å². The maximum absolute atomic E-state index is 12.1. The van der Waals surface area contributed by atoms with Crippen LogP contribution in [0.4, 0.5) is 0 Å². The van der Waals surface area contributed by atoms with Crippen molar-refractivity contribution in [3.05, 3.63) is 71.8 Å². The van der Waals surface area contributed by atoms with E-state index < -0.39 is 0 Å². The summed E-state index contributed by atoms with van der Waals surface area (Å²) in [6, 6.07) is 20.6. The van der Waals surface area contributed by atoms with Gasteiger partial charge in [-0.3, -0.25) is 9.69 Å². The molecule has 1 aliphatic heterocycles. The highest BCUT2D eigenvalue weighted by atomic mass is 32.1. The van der Waals surface area contributed by atoms with Crippen molar-refractivity contribution in [1.82, 2.24) is 15.5 Å². The predicted molar refractivity (Wildman–Crippen MR) is 109 cm³/mol. The molecule has 1 amide bonds. The number of thiocarbonyl (C=S) groups is 1. The number of nitrogens with zero attached hydrogens (tertiary/aromatic N) is 1. The summed E-state index contributed by atoms with van der Waals surface area (Å²) in [5, 5.41) is 6.52. The minimum atomic E-state index is -0.0739. The third-order valence-electron chi connectivity index (χ3n) is 4.63. The van der Waals surface area contributed by atoms with E-state index in [1.807, 2.05) is 36.4 Å². The second-order valence-electron chi connectivity index (χ2n) is 6.72. The molecule has 0 saturated carbocycles. The number of rotatable bonds is 5. The van der Waals surface area contributed by atoms with Crippen molar-refractivity contribution in [3.8, 4) is 0 Å². The molecule has 0 bridgehead atoms. The minimum absolute atomic E-state index is 0.0739. The number of likely N-dealkylation sites (tertiary alicyclic amines) is 1. The van der Waals surface area contributed by atoms with E-state index in [1.54, 1.807) is 0 Å². The zero-order valence-electron chi connectivity index (χ0n) is 14.9. The van der Waals surface area contributed by atoms with Crippen LogP contribution in [0.1, 0.15) is 24.0 Å². The first-order chi connectivity index (χ1) is 12.7. The van der Waals surface area contributed by atoms with Crippen molar-refractivity contribution in [1.29, 1.82) is 0 Å². The van der Waals surface area contributed by atoms with Crippen molar-refractivity contribution >= 4 is 23.2 Å². The molecule has 0 unspecified atom stereocenters. The van der Waals surface area contributed by atoms with Crippen LogP contribution in [0.25, 0.3) is 0 Å². The molecule has 4 nitrogen and oxygen atoms in total. The summed E-state index contributed by atoms with van der Waals surface area (Å²) in [5.74, 6) is -0.0739. The number of benzene rings is 2. The van der Waals surface area contributed by atoms with Gasteiger partial charge in [-0.05, 0) is 36.2 Å². The summed E-state index contributed by atoms with van der Waals surface area (Å²) < 4.78 is 0. The number of hydrogen-bond acceptors (Lipinski definition) is 3. The van der Waals surface area contributed by atoms with Crippen LogP contribution in [0, 0.1) is 0 Å². The van der Waals surface area contributed by atoms with E-state index in [1.165, 1.54) is 5.56 Å². The number of hydrogen-bond donors (Lipinski definition) is 2. The van der Waals surface area contributed by atoms with Gasteiger partial charge in [0.1, 0.15) is 0 Å². The van der Waals surface area contributed by atoms with Gasteiger partial charge in [-0.1, -0.05) is 60.7 Å². The lowest BCUT2D eigenvalue weighted by molar-refractivity contribution is -0.119. The first kappa shape index (κ1) is 18.5. The maximum Gasteiger partial charge on any atom is 0.230 e. The van der Waals surface area contributed by atoms with Gasteiger partial charge in [0.15, 0.2) is 5.11 Å². The molecule has 2 aromatic rings. The van der Waals surface area contributed by atoms with Gasteiger partial charge in [0.05, 0.1) is 6.42 Å². The normalized spacial score (nSPS) is 15.4. The summed E-state index contributed by atoms with van der Waals surface area (Å²) in [5.41, 5.74) is 2.34. The smallest absolute Gasteiger partial charge is 0.230 e. The average molecular weight is 368 g/mol. The molecule has 1 fully saturated rings. The number of nitrogens with one attached hydrogen (secondary N) is 2. The van der Waals surface area contributed by atoms with Crippen LogP contribution in [0.15, 0.2) is 60.7 Å². The first-order valence-electron chi connectivity index (χ1n) is 9.09. The Hall–Kier alpha value is -2.24. The third-order valence-corrected chi connectivity index (χ3v) is 4.85. The zero-order chi connectivity index (χ0) is 18.2. The molecular formula is C21H25N3OS. The van der Waals surface area contributed by atoms with Crippen LogP contribution >= 0.6 is 12.2 Å². The minimum Gasteiger partial charge on any atom is -0.360 e. The molecule has 2 N–H and O–H groups in total. The van der Waals surface area contributed by atoms with Crippen LogP contribution in [-0.4, -0.2) is 35.1 Å². The van der Waals surface area contributed by atoms with E-state index in [2.05, 4.69) is 39.8 Å². The van der Waals surface area contributed by atoms with E-state index in [4.69, 9.17) is 12.2 Å². The molecule has 0 spiro atoms. The molecule has 1 heterocycles. The number of carbonyl (C=O) groups excluding carboxylic acids is 1. The fourth-order valence-electron chi connectivity index (χ4n) is 3.25. The number of piperidine rings is 1. The summed E-state index contributed by atoms with van der Waals surface area (Å²) in [6.45, 7) is 3.06. The first-order valence-corrected chi connectivity index (χ1v) is 9.50. The van der Waals surface area contributed by atoms with Gasteiger partial charge in [-0.25, -0.2) is 0 Å². The summed E-state index contributed by atoms with van der Waals surface area (Å²) in [7, 11) is 0. The van der Waals surface area contributed by atoms with Crippen molar-refractivity contribution in [2.45, 2.75) is 31.8 Å². The molecule has 136 valence electrons. The molecule has 0 aliphatic carbocycles. The highest BCUT2D eigenvalue weighted by molar-refractivity contribution is 7.80. The Labute approximate surface area is 160 Å². The van der Waals surface area contributed by atoms with E-state index in [-0.39, 0.29) is 5.91 Å². The standard InChI is InChI=1S/C21H25N3OS/c25-20(15-17-7-3-1-4-8-17)23-21(26)22-19-11-13-24(14-12-19)16-18-9-5-2-6-10-18/h1-10,19H,11-16H2,(H2,22,23,25,26). The highest BCUT2D eigenvalue weighted by Crippen LogP contribution is 2.13. The van der Waals surface area contributed by atoms with E-state index >= 15 is 0 Å². The van der Waals surface area contributed by atoms with Crippen LogP contribution in [0.2, 0.25) is 0 Å². The highest BCUT2D eigenvalue weighted by Gasteiger charge is 2.20. The third kappa shape index (κ3) is 5.93. The van der Waals surface area contributed by atoms with E-state index in [9.17, 15) is 4.79 Å². The van der Waals surface area contributed by atoms with Gasteiger partial charge in [0, 0.05) is 25.7 Å². The van der Waals surface area contributed by atoms with Crippen molar-refractivity contribution < 1.29 is 4.79 Å². The predicted octanol–water partition coefficient (Wildman–Crippen LogP) is 2.88. The van der Waals surface area contributed by atoms with Crippen LogP contribution in [0.5, 0.6) is 0 Å². The Balaban J connectivity index is 1.37. The topological polar surface area (TPSA) is 44.4 Å². The maximum atomic E-state index is 12.1. The Morgan fingerprint density at radius 3 is 2.15 bits per heavy atom. The Kier molecular flexibility index (Phi) is 6.75. The van der Waals surface area contributed by atoms with Gasteiger partial charge in [-0.15, -0.1) is 0 Å². The van der Waals surface area contributed by atoms with Gasteiger partial charge in [0.25, 0.3) is 0 Å². The lowest BCUT2D eigenvalue weighted by Gasteiger charge is -2.32. The fourth-order valence-corrected chi connectivity index (χ4v) is 3.53. The Morgan fingerprint density at radius 1 is 0.962 bits per heavy atom. The van der Waals surface area contributed by atoms with Crippen molar-refractivity contribution in [2.24, 2.45) is 0 Å². The summed E-state index contributed by atoms with van der Waals surface area (Å²) in [6.07, 6.45) is 2.40. The van der Waals surface area contributed by atoms with Crippen LogP contribution in [0.3, 0.4) is 0 Å². The summed E-state index contributed by atoms with van der Waals surface area (Å²) in [4.78, 5) is 14.5.